The third-order valence-corrected chi connectivity index (χ3v) is 3.49. The second kappa shape index (κ2) is 6.00. The fourth-order valence-corrected chi connectivity index (χ4v) is 2.47. The number of carbonyl (C=O) groups excluding carboxylic acids is 1. The molecule has 0 aromatic heterocycles. The first-order valence-corrected chi connectivity index (χ1v) is 6.20. The van der Waals surface area contributed by atoms with E-state index >= 15 is 0 Å². The van der Waals surface area contributed by atoms with Crippen molar-refractivity contribution in [1.82, 2.24) is 5.32 Å². The molecular formula is C12H22N2O3. The van der Waals surface area contributed by atoms with Crippen molar-refractivity contribution >= 4 is 11.9 Å². The van der Waals surface area contributed by atoms with Crippen molar-refractivity contribution in [2.45, 2.75) is 51.5 Å². The molecule has 1 aliphatic rings. The zero-order chi connectivity index (χ0) is 12.9. The molecule has 0 aromatic carbocycles. The molecule has 5 heteroatoms. The van der Waals surface area contributed by atoms with E-state index in [9.17, 15) is 9.59 Å². The molecule has 0 radical (unpaired) electrons. The van der Waals surface area contributed by atoms with Crippen LogP contribution < -0.4 is 11.1 Å². The van der Waals surface area contributed by atoms with Crippen molar-refractivity contribution in [3.8, 4) is 0 Å². The van der Waals surface area contributed by atoms with Gasteiger partial charge in [0.1, 0.15) is 0 Å². The molecule has 1 atom stereocenters. The molecule has 0 heterocycles. The number of hydrogen-bond acceptors (Lipinski definition) is 3. The Bertz CT molecular complexity index is 283. The van der Waals surface area contributed by atoms with E-state index in [2.05, 4.69) is 5.32 Å². The summed E-state index contributed by atoms with van der Waals surface area (Å²) < 4.78 is 0. The van der Waals surface area contributed by atoms with Crippen LogP contribution >= 0.6 is 0 Å². The van der Waals surface area contributed by atoms with Gasteiger partial charge >= 0.3 is 5.97 Å². The summed E-state index contributed by atoms with van der Waals surface area (Å²) >= 11 is 0. The Morgan fingerprint density at radius 2 is 1.94 bits per heavy atom. The Hall–Kier alpha value is -1.10. The van der Waals surface area contributed by atoms with Crippen molar-refractivity contribution in [2.24, 2.45) is 11.1 Å². The van der Waals surface area contributed by atoms with Crippen LogP contribution in [0.1, 0.15) is 45.4 Å². The summed E-state index contributed by atoms with van der Waals surface area (Å²) in [5.74, 6) is -0.998. The van der Waals surface area contributed by atoms with Gasteiger partial charge in [0.05, 0.1) is 12.5 Å². The van der Waals surface area contributed by atoms with Gasteiger partial charge in [-0.1, -0.05) is 19.3 Å². The topological polar surface area (TPSA) is 92.4 Å². The zero-order valence-corrected chi connectivity index (χ0v) is 10.4. The predicted molar refractivity (Wildman–Crippen MR) is 64.4 cm³/mol. The molecule has 4 N–H and O–H groups in total. The number of nitrogens with two attached hydrogens (primary N) is 1. The van der Waals surface area contributed by atoms with Crippen LogP contribution in [-0.2, 0) is 9.59 Å². The van der Waals surface area contributed by atoms with Gasteiger partial charge in [0.2, 0.25) is 5.91 Å². The molecular weight excluding hydrogens is 220 g/mol. The summed E-state index contributed by atoms with van der Waals surface area (Å²) in [5, 5.41) is 11.7. The lowest BCUT2D eigenvalue weighted by Gasteiger charge is -2.36. The van der Waals surface area contributed by atoms with Crippen LogP contribution in [-0.4, -0.2) is 29.6 Å². The molecule has 1 aliphatic carbocycles. The Morgan fingerprint density at radius 1 is 1.35 bits per heavy atom. The van der Waals surface area contributed by atoms with E-state index in [1.807, 2.05) is 0 Å². The van der Waals surface area contributed by atoms with Gasteiger partial charge in [0.15, 0.2) is 0 Å². The average Bonchev–Trinajstić information content (AvgIpc) is 2.26. The summed E-state index contributed by atoms with van der Waals surface area (Å²) in [6.07, 6.45) is 5.12. The number of carboxylic acid groups (broad SMARTS) is 1. The summed E-state index contributed by atoms with van der Waals surface area (Å²) in [4.78, 5) is 22.3. The maximum Gasteiger partial charge on any atom is 0.303 e. The van der Waals surface area contributed by atoms with E-state index in [-0.39, 0.29) is 17.7 Å². The first kappa shape index (κ1) is 14.0. The molecule has 5 nitrogen and oxygen atoms in total. The van der Waals surface area contributed by atoms with Crippen LogP contribution in [0.25, 0.3) is 0 Å². The average molecular weight is 242 g/mol. The Morgan fingerprint density at radius 3 is 2.41 bits per heavy atom. The minimum atomic E-state index is -0.790. The molecule has 1 saturated carbocycles. The highest BCUT2D eigenvalue weighted by Crippen LogP contribution is 2.38. The lowest BCUT2D eigenvalue weighted by molar-refractivity contribution is -0.140. The summed E-state index contributed by atoms with van der Waals surface area (Å²) in [5.41, 5.74) is 5.20. The third-order valence-electron chi connectivity index (χ3n) is 3.49. The van der Waals surface area contributed by atoms with E-state index in [0.717, 1.165) is 32.1 Å². The quantitative estimate of drug-likeness (QED) is 0.667. The normalized spacial score (nSPS) is 20.6. The van der Waals surface area contributed by atoms with Crippen LogP contribution in [0, 0.1) is 5.41 Å². The fraction of sp³-hybridized carbons (Fsp3) is 0.833. The molecule has 1 fully saturated rings. The molecule has 0 spiro atoms. The van der Waals surface area contributed by atoms with Crippen molar-refractivity contribution in [3.05, 3.63) is 0 Å². The van der Waals surface area contributed by atoms with Crippen LogP contribution in [0.2, 0.25) is 0 Å². The van der Waals surface area contributed by atoms with Gasteiger partial charge in [-0.25, -0.2) is 0 Å². The van der Waals surface area contributed by atoms with Gasteiger partial charge in [-0.05, 0) is 25.2 Å². The SMILES string of the molecule is C[C@@H](N)C(=O)NCC1(CC(=O)O)CCCCC1. The van der Waals surface area contributed by atoms with Gasteiger partial charge in [0, 0.05) is 6.54 Å². The highest BCUT2D eigenvalue weighted by Gasteiger charge is 2.34. The number of carbonyl (C=O) groups is 2. The maximum atomic E-state index is 11.4. The Balaban J connectivity index is 2.57. The second-order valence-electron chi connectivity index (χ2n) is 5.14. The second-order valence-corrected chi connectivity index (χ2v) is 5.14. The standard InChI is InChI=1S/C12H22N2O3/c1-9(13)11(17)14-8-12(7-10(15)16)5-3-2-4-6-12/h9H,2-8,13H2,1H3,(H,14,17)(H,15,16)/t9-/m1/s1. The van der Waals surface area contributed by atoms with Gasteiger partial charge < -0.3 is 16.2 Å². The third kappa shape index (κ3) is 4.34. The first-order valence-electron chi connectivity index (χ1n) is 6.20. The molecule has 0 bridgehead atoms. The zero-order valence-electron chi connectivity index (χ0n) is 10.4. The van der Waals surface area contributed by atoms with Crippen LogP contribution in [0.5, 0.6) is 0 Å². The molecule has 98 valence electrons. The molecule has 1 rings (SSSR count). The molecule has 17 heavy (non-hydrogen) atoms. The fourth-order valence-electron chi connectivity index (χ4n) is 2.47. The number of rotatable bonds is 5. The number of nitrogens with one attached hydrogen (secondary N) is 1. The molecule has 0 aliphatic heterocycles. The van der Waals surface area contributed by atoms with Gasteiger partial charge in [-0.15, -0.1) is 0 Å². The van der Waals surface area contributed by atoms with Crippen LogP contribution in [0.3, 0.4) is 0 Å². The summed E-state index contributed by atoms with van der Waals surface area (Å²) in [6, 6.07) is -0.541. The number of hydrogen-bond donors (Lipinski definition) is 3. The maximum absolute atomic E-state index is 11.4. The minimum absolute atomic E-state index is 0.131. The van der Waals surface area contributed by atoms with Crippen LogP contribution in [0.4, 0.5) is 0 Å². The van der Waals surface area contributed by atoms with E-state index in [1.54, 1.807) is 6.92 Å². The molecule has 0 aromatic rings. The Labute approximate surface area is 102 Å². The first-order chi connectivity index (χ1) is 7.95. The van der Waals surface area contributed by atoms with Crippen molar-refractivity contribution in [2.75, 3.05) is 6.54 Å². The van der Waals surface area contributed by atoms with E-state index in [4.69, 9.17) is 10.8 Å². The number of amides is 1. The van der Waals surface area contributed by atoms with E-state index in [0.29, 0.717) is 6.54 Å². The lowest BCUT2D eigenvalue weighted by atomic mass is 9.71. The Kier molecular flexibility index (Phi) is 4.93. The minimum Gasteiger partial charge on any atom is -0.481 e. The van der Waals surface area contributed by atoms with Gasteiger partial charge in [-0.3, -0.25) is 9.59 Å². The summed E-state index contributed by atoms with van der Waals surface area (Å²) in [7, 11) is 0. The van der Waals surface area contributed by atoms with Crippen molar-refractivity contribution in [1.29, 1.82) is 0 Å². The van der Waals surface area contributed by atoms with Crippen molar-refractivity contribution in [3.63, 3.8) is 0 Å². The predicted octanol–water partition coefficient (Wildman–Crippen LogP) is 0.875. The van der Waals surface area contributed by atoms with Crippen molar-refractivity contribution < 1.29 is 14.7 Å². The molecule has 0 unspecified atom stereocenters. The monoisotopic (exact) mass is 242 g/mol. The summed E-state index contributed by atoms with van der Waals surface area (Å²) in [6.45, 7) is 2.06. The largest absolute Gasteiger partial charge is 0.481 e. The number of carboxylic acids is 1. The van der Waals surface area contributed by atoms with E-state index in [1.165, 1.54) is 0 Å². The molecule has 1 amide bonds. The van der Waals surface area contributed by atoms with Gasteiger partial charge in [-0.2, -0.15) is 0 Å². The highest BCUT2D eigenvalue weighted by atomic mass is 16.4. The van der Waals surface area contributed by atoms with Gasteiger partial charge in [0.25, 0.3) is 0 Å². The van der Waals surface area contributed by atoms with Crippen LogP contribution in [0.15, 0.2) is 0 Å². The van der Waals surface area contributed by atoms with E-state index < -0.39 is 12.0 Å². The number of aliphatic carboxylic acids is 1. The lowest BCUT2D eigenvalue weighted by Crippen LogP contribution is -2.45. The molecule has 0 saturated heterocycles. The smallest absolute Gasteiger partial charge is 0.303 e. The highest BCUT2D eigenvalue weighted by molar-refractivity contribution is 5.81.